The molecule has 2 rings (SSSR count). The molecule has 0 atom stereocenters. The lowest BCUT2D eigenvalue weighted by Gasteiger charge is -2.21. The number of hydrogen-bond donors (Lipinski definition) is 0. The lowest BCUT2D eigenvalue weighted by molar-refractivity contribution is 0.0755. The van der Waals surface area contributed by atoms with Crippen molar-refractivity contribution in [3.63, 3.8) is 0 Å². The van der Waals surface area contributed by atoms with Crippen LogP contribution in [0, 0.1) is 0 Å². The van der Waals surface area contributed by atoms with Crippen LogP contribution in [0.3, 0.4) is 0 Å². The van der Waals surface area contributed by atoms with E-state index in [0.29, 0.717) is 10.0 Å². The number of amides is 1. The van der Waals surface area contributed by atoms with E-state index in [1.807, 2.05) is 41.3 Å². The molecule has 0 aliphatic heterocycles. The first kappa shape index (κ1) is 17.8. The van der Waals surface area contributed by atoms with Gasteiger partial charge in [-0.2, -0.15) is 0 Å². The number of nitrogens with zero attached hydrogens (tertiary/aromatic N) is 1. The van der Waals surface area contributed by atoms with Gasteiger partial charge in [-0.05, 0) is 48.2 Å². The maximum Gasteiger partial charge on any atom is 0.253 e. The van der Waals surface area contributed by atoms with Crippen LogP contribution in [0.15, 0.2) is 42.5 Å². The summed E-state index contributed by atoms with van der Waals surface area (Å²) in [5.74, 6) is 0.0920. The van der Waals surface area contributed by atoms with Gasteiger partial charge in [0.1, 0.15) is 0 Å². The molecule has 4 heteroatoms. The first-order chi connectivity index (χ1) is 11.1. The topological polar surface area (TPSA) is 20.3 Å². The van der Waals surface area contributed by atoms with Crippen molar-refractivity contribution in [2.24, 2.45) is 0 Å². The van der Waals surface area contributed by atoms with Crippen molar-refractivity contribution < 1.29 is 4.79 Å². The number of carbonyl (C=O) groups is 1. The SMILES string of the molecule is CCCN(CCC)C(=O)c1ccc(-c2ccc(Cl)c(Cl)c2)cc1. The maximum absolute atomic E-state index is 12.6. The summed E-state index contributed by atoms with van der Waals surface area (Å²) in [5, 5.41) is 1.07. The average Bonchev–Trinajstić information content (AvgIpc) is 2.57. The van der Waals surface area contributed by atoms with Crippen LogP contribution in [-0.2, 0) is 0 Å². The fraction of sp³-hybridized carbons (Fsp3) is 0.316. The fourth-order valence-corrected chi connectivity index (χ4v) is 2.82. The minimum Gasteiger partial charge on any atom is -0.339 e. The summed E-state index contributed by atoms with van der Waals surface area (Å²) in [6, 6.07) is 13.2. The van der Waals surface area contributed by atoms with Crippen LogP contribution in [0.25, 0.3) is 11.1 Å². The van der Waals surface area contributed by atoms with Gasteiger partial charge in [-0.25, -0.2) is 0 Å². The third kappa shape index (κ3) is 4.49. The smallest absolute Gasteiger partial charge is 0.253 e. The lowest BCUT2D eigenvalue weighted by atomic mass is 10.0. The molecule has 2 aromatic carbocycles. The van der Waals surface area contributed by atoms with E-state index in [4.69, 9.17) is 23.2 Å². The van der Waals surface area contributed by atoms with Crippen molar-refractivity contribution in [3.8, 4) is 11.1 Å². The second-order valence-corrected chi connectivity index (χ2v) is 6.31. The molecule has 0 aromatic heterocycles. The van der Waals surface area contributed by atoms with Gasteiger partial charge in [0.05, 0.1) is 10.0 Å². The van der Waals surface area contributed by atoms with Crippen LogP contribution in [0.5, 0.6) is 0 Å². The van der Waals surface area contributed by atoms with Crippen LogP contribution in [0.1, 0.15) is 37.0 Å². The highest BCUT2D eigenvalue weighted by Gasteiger charge is 2.14. The van der Waals surface area contributed by atoms with E-state index in [2.05, 4.69) is 13.8 Å². The van der Waals surface area contributed by atoms with Gasteiger partial charge in [0.2, 0.25) is 0 Å². The Morgan fingerprint density at radius 2 is 1.43 bits per heavy atom. The molecule has 0 saturated heterocycles. The second kappa shape index (κ2) is 8.37. The molecule has 0 aliphatic carbocycles. The zero-order chi connectivity index (χ0) is 16.8. The van der Waals surface area contributed by atoms with Gasteiger partial charge in [-0.1, -0.05) is 55.2 Å². The summed E-state index contributed by atoms with van der Waals surface area (Å²) in [4.78, 5) is 14.5. The molecular formula is C19H21Cl2NO. The monoisotopic (exact) mass is 349 g/mol. The molecule has 122 valence electrons. The Bertz CT molecular complexity index is 662. The first-order valence-electron chi connectivity index (χ1n) is 7.91. The Morgan fingerprint density at radius 3 is 1.96 bits per heavy atom. The molecule has 2 aromatic rings. The van der Waals surface area contributed by atoms with Crippen LogP contribution in [0.2, 0.25) is 10.0 Å². The predicted molar refractivity (Wildman–Crippen MR) is 98.4 cm³/mol. The van der Waals surface area contributed by atoms with Crippen LogP contribution in [-0.4, -0.2) is 23.9 Å². The Labute approximate surface area is 148 Å². The molecule has 0 aliphatic rings. The van der Waals surface area contributed by atoms with E-state index in [0.717, 1.165) is 42.6 Å². The zero-order valence-corrected chi connectivity index (χ0v) is 15.0. The molecule has 0 fully saturated rings. The molecule has 0 N–H and O–H groups in total. The number of rotatable bonds is 6. The van der Waals surface area contributed by atoms with Gasteiger partial charge in [0.25, 0.3) is 5.91 Å². The highest BCUT2D eigenvalue weighted by atomic mass is 35.5. The van der Waals surface area contributed by atoms with Gasteiger partial charge in [0, 0.05) is 18.7 Å². The van der Waals surface area contributed by atoms with Crippen molar-refractivity contribution in [2.45, 2.75) is 26.7 Å². The standard InChI is InChI=1S/C19H21Cl2NO/c1-3-11-22(12-4-2)19(23)15-7-5-14(6-8-15)16-9-10-17(20)18(21)13-16/h5-10,13H,3-4,11-12H2,1-2H3. The normalized spacial score (nSPS) is 10.6. The van der Waals surface area contributed by atoms with Gasteiger partial charge in [-0.3, -0.25) is 4.79 Å². The molecule has 0 radical (unpaired) electrons. The molecule has 0 unspecified atom stereocenters. The summed E-state index contributed by atoms with van der Waals surface area (Å²) in [5.41, 5.74) is 2.71. The second-order valence-electron chi connectivity index (χ2n) is 5.50. The number of carbonyl (C=O) groups excluding carboxylic acids is 1. The van der Waals surface area contributed by atoms with Crippen molar-refractivity contribution in [1.82, 2.24) is 4.90 Å². The van der Waals surface area contributed by atoms with Gasteiger partial charge in [0.15, 0.2) is 0 Å². The highest BCUT2D eigenvalue weighted by Crippen LogP contribution is 2.28. The number of hydrogen-bond acceptors (Lipinski definition) is 1. The van der Waals surface area contributed by atoms with Gasteiger partial charge in [-0.15, -0.1) is 0 Å². The van der Waals surface area contributed by atoms with Crippen LogP contribution < -0.4 is 0 Å². The molecule has 0 heterocycles. The minimum atomic E-state index is 0.0920. The van der Waals surface area contributed by atoms with E-state index in [1.54, 1.807) is 6.07 Å². The molecule has 1 amide bonds. The predicted octanol–water partition coefficient (Wildman–Crippen LogP) is 5.92. The summed E-state index contributed by atoms with van der Waals surface area (Å²) < 4.78 is 0. The molecule has 0 bridgehead atoms. The lowest BCUT2D eigenvalue weighted by Crippen LogP contribution is -2.32. The fourth-order valence-electron chi connectivity index (χ4n) is 2.52. The van der Waals surface area contributed by atoms with E-state index in [9.17, 15) is 4.79 Å². The summed E-state index contributed by atoms with van der Waals surface area (Å²) >= 11 is 12.0. The van der Waals surface area contributed by atoms with Crippen molar-refractivity contribution in [2.75, 3.05) is 13.1 Å². The summed E-state index contributed by atoms with van der Waals surface area (Å²) in [6.07, 6.45) is 1.93. The third-order valence-electron chi connectivity index (χ3n) is 3.66. The Kier molecular flexibility index (Phi) is 6.49. The number of benzene rings is 2. The molecule has 0 saturated carbocycles. The minimum absolute atomic E-state index is 0.0920. The van der Waals surface area contributed by atoms with Gasteiger partial charge < -0.3 is 4.90 Å². The van der Waals surface area contributed by atoms with Crippen molar-refractivity contribution in [3.05, 3.63) is 58.1 Å². The summed E-state index contributed by atoms with van der Waals surface area (Å²) in [7, 11) is 0. The molecule has 0 spiro atoms. The Hall–Kier alpha value is -1.51. The van der Waals surface area contributed by atoms with Gasteiger partial charge >= 0.3 is 0 Å². The average molecular weight is 350 g/mol. The zero-order valence-electron chi connectivity index (χ0n) is 13.5. The van der Waals surface area contributed by atoms with E-state index in [1.165, 1.54) is 0 Å². The highest BCUT2D eigenvalue weighted by molar-refractivity contribution is 6.42. The quantitative estimate of drug-likeness (QED) is 0.633. The van der Waals surface area contributed by atoms with Crippen molar-refractivity contribution in [1.29, 1.82) is 0 Å². The number of halogens is 2. The van der Waals surface area contributed by atoms with E-state index < -0.39 is 0 Å². The van der Waals surface area contributed by atoms with E-state index in [-0.39, 0.29) is 5.91 Å². The largest absolute Gasteiger partial charge is 0.339 e. The maximum atomic E-state index is 12.6. The molecule has 2 nitrogen and oxygen atoms in total. The molecular weight excluding hydrogens is 329 g/mol. The Morgan fingerprint density at radius 1 is 0.870 bits per heavy atom. The first-order valence-corrected chi connectivity index (χ1v) is 8.67. The van der Waals surface area contributed by atoms with Crippen molar-refractivity contribution >= 4 is 29.1 Å². The van der Waals surface area contributed by atoms with Crippen LogP contribution in [0.4, 0.5) is 0 Å². The summed E-state index contributed by atoms with van der Waals surface area (Å²) in [6.45, 7) is 5.76. The van der Waals surface area contributed by atoms with E-state index >= 15 is 0 Å². The molecule has 23 heavy (non-hydrogen) atoms. The van der Waals surface area contributed by atoms with Crippen LogP contribution >= 0.6 is 23.2 Å². The third-order valence-corrected chi connectivity index (χ3v) is 4.40. The Balaban J connectivity index is 2.21.